The molecule has 0 fully saturated rings. The van der Waals surface area contributed by atoms with Crippen LogP contribution in [0, 0.1) is 6.92 Å². The van der Waals surface area contributed by atoms with Gasteiger partial charge in [0, 0.05) is 29.1 Å². The third kappa shape index (κ3) is 6.81. The van der Waals surface area contributed by atoms with E-state index in [0.717, 1.165) is 5.56 Å². The summed E-state index contributed by atoms with van der Waals surface area (Å²) >= 11 is 6.11. The number of ether oxygens (including phenoxy) is 1. The second kappa shape index (κ2) is 11.1. The monoisotopic (exact) mass is 471 g/mol. The van der Waals surface area contributed by atoms with Crippen molar-refractivity contribution in [1.82, 2.24) is 5.16 Å². The number of carbonyl (C=O) groups is 3. The minimum absolute atomic E-state index is 0.120. The molecule has 9 nitrogen and oxygen atoms in total. The van der Waals surface area contributed by atoms with Crippen LogP contribution in [0.2, 0.25) is 5.02 Å². The Balaban J connectivity index is 1.59. The average Bonchev–Trinajstić information content (AvgIpc) is 3.14. The zero-order valence-corrected chi connectivity index (χ0v) is 18.5. The Kier molecular flexibility index (Phi) is 8.04. The number of aryl methyl sites for hydroxylation is 1. The molecule has 2 aromatic carbocycles. The fourth-order valence-corrected chi connectivity index (χ4v) is 3.19. The Bertz CT molecular complexity index is 1140. The van der Waals surface area contributed by atoms with Gasteiger partial charge < -0.3 is 19.7 Å². The summed E-state index contributed by atoms with van der Waals surface area (Å²) in [5, 5.41) is 18.4. The highest BCUT2D eigenvalue weighted by molar-refractivity contribution is 6.31. The van der Waals surface area contributed by atoms with Crippen LogP contribution in [0.4, 0.5) is 16.2 Å². The second-order valence-electron chi connectivity index (χ2n) is 7.09. The predicted octanol–water partition coefficient (Wildman–Crippen LogP) is 4.90. The summed E-state index contributed by atoms with van der Waals surface area (Å²) in [6.07, 6.45) is -0.546. The van der Waals surface area contributed by atoms with Crippen LogP contribution in [0.1, 0.15) is 24.1 Å². The number of aliphatic carboxylic acids is 1. The second-order valence-corrected chi connectivity index (χ2v) is 7.50. The Morgan fingerprint density at radius 3 is 2.48 bits per heavy atom. The van der Waals surface area contributed by atoms with E-state index in [1.54, 1.807) is 37.3 Å². The standard InChI is InChI=1S/C23H22ClN3O6/c1-14-21(26-23(31)32-13-12-15-4-2-3-5-18(15)24)22(33-27-14)16-6-8-17(9-7-16)25-19(28)10-11-20(29)30/h2-9H,10-13H2,1H3,(H,25,28)(H,26,31)(H,29,30). The van der Waals surface area contributed by atoms with Gasteiger partial charge in [0.05, 0.1) is 13.0 Å². The molecule has 3 rings (SSSR count). The molecule has 0 spiro atoms. The van der Waals surface area contributed by atoms with Crippen molar-refractivity contribution in [3.05, 3.63) is 64.8 Å². The highest BCUT2D eigenvalue weighted by Gasteiger charge is 2.18. The molecule has 3 aromatic rings. The Labute approximate surface area is 194 Å². The third-order valence-corrected chi connectivity index (χ3v) is 5.02. The van der Waals surface area contributed by atoms with Crippen molar-refractivity contribution < 1.29 is 28.8 Å². The van der Waals surface area contributed by atoms with Gasteiger partial charge in [-0.15, -0.1) is 0 Å². The predicted molar refractivity (Wildman–Crippen MR) is 122 cm³/mol. The zero-order chi connectivity index (χ0) is 23.8. The number of benzene rings is 2. The molecule has 0 atom stereocenters. The first-order valence-electron chi connectivity index (χ1n) is 10.1. The van der Waals surface area contributed by atoms with Gasteiger partial charge in [0.15, 0.2) is 5.76 Å². The number of aromatic nitrogens is 1. The molecule has 0 saturated heterocycles. The van der Waals surface area contributed by atoms with Crippen molar-refractivity contribution in [2.24, 2.45) is 0 Å². The van der Waals surface area contributed by atoms with Crippen LogP contribution >= 0.6 is 11.6 Å². The van der Waals surface area contributed by atoms with Gasteiger partial charge in [-0.3, -0.25) is 14.9 Å². The van der Waals surface area contributed by atoms with Gasteiger partial charge in [-0.2, -0.15) is 0 Å². The SMILES string of the molecule is Cc1noc(-c2ccc(NC(=O)CCC(=O)O)cc2)c1NC(=O)OCCc1ccccc1Cl. The van der Waals surface area contributed by atoms with Crippen molar-refractivity contribution in [1.29, 1.82) is 0 Å². The Morgan fingerprint density at radius 1 is 1.06 bits per heavy atom. The van der Waals surface area contributed by atoms with E-state index < -0.39 is 18.0 Å². The maximum atomic E-state index is 12.3. The van der Waals surface area contributed by atoms with Gasteiger partial charge in [-0.1, -0.05) is 35.0 Å². The van der Waals surface area contributed by atoms with Gasteiger partial charge in [0.2, 0.25) is 5.91 Å². The quantitative estimate of drug-likeness (QED) is 0.404. The molecule has 0 saturated carbocycles. The molecule has 172 valence electrons. The topological polar surface area (TPSA) is 131 Å². The van der Waals surface area contributed by atoms with E-state index in [9.17, 15) is 14.4 Å². The maximum absolute atomic E-state index is 12.3. The van der Waals surface area contributed by atoms with Crippen LogP contribution < -0.4 is 10.6 Å². The van der Waals surface area contributed by atoms with Crippen molar-refractivity contribution in [3.63, 3.8) is 0 Å². The number of carbonyl (C=O) groups excluding carboxylic acids is 2. The molecule has 0 aliphatic carbocycles. The normalized spacial score (nSPS) is 10.5. The summed E-state index contributed by atoms with van der Waals surface area (Å²) in [5.41, 5.74) is 2.84. The molecule has 0 aliphatic heterocycles. The fourth-order valence-electron chi connectivity index (χ4n) is 2.96. The number of nitrogens with one attached hydrogen (secondary N) is 2. The van der Waals surface area contributed by atoms with Crippen LogP contribution in [0.3, 0.4) is 0 Å². The number of hydrogen-bond donors (Lipinski definition) is 3. The van der Waals surface area contributed by atoms with Crippen LogP contribution in [0.5, 0.6) is 0 Å². The molecule has 2 amide bonds. The van der Waals surface area contributed by atoms with Crippen LogP contribution in [0.15, 0.2) is 53.1 Å². The minimum atomic E-state index is -1.04. The minimum Gasteiger partial charge on any atom is -0.481 e. The van der Waals surface area contributed by atoms with Gasteiger partial charge in [0.25, 0.3) is 0 Å². The van der Waals surface area contributed by atoms with Crippen LogP contribution in [-0.2, 0) is 20.7 Å². The van der Waals surface area contributed by atoms with E-state index in [1.165, 1.54) is 0 Å². The lowest BCUT2D eigenvalue weighted by Crippen LogP contribution is -2.16. The smallest absolute Gasteiger partial charge is 0.411 e. The molecule has 3 N–H and O–H groups in total. The summed E-state index contributed by atoms with van der Waals surface area (Å²) in [4.78, 5) is 34.6. The molecule has 0 unspecified atom stereocenters. The fraction of sp³-hybridized carbons (Fsp3) is 0.217. The lowest BCUT2D eigenvalue weighted by molar-refractivity contribution is -0.138. The number of hydrogen-bond acceptors (Lipinski definition) is 6. The van der Waals surface area contributed by atoms with E-state index in [2.05, 4.69) is 15.8 Å². The summed E-state index contributed by atoms with van der Waals surface area (Å²) in [5.74, 6) is -1.11. The zero-order valence-electron chi connectivity index (χ0n) is 17.8. The number of carboxylic acids is 1. The van der Waals surface area contributed by atoms with Crippen LogP contribution in [-0.4, -0.2) is 34.8 Å². The molecular weight excluding hydrogens is 450 g/mol. The van der Waals surface area contributed by atoms with E-state index in [4.69, 9.17) is 26.0 Å². The highest BCUT2D eigenvalue weighted by atomic mass is 35.5. The van der Waals surface area contributed by atoms with E-state index in [1.807, 2.05) is 18.2 Å². The number of anilines is 2. The van der Waals surface area contributed by atoms with Crippen molar-refractivity contribution in [2.75, 3.05) is 17.2 Å². The van der Waals surface area contributed by atoms with Gasteiger partial charge >= 0.3 is 12.1 Å². The first-order chi connectivity index (χ1) is 15.8. The van der Waals surface area contributed by atoms with Gasteiger partial charge in [0.1, 0.15) is 11.4 Å². The first kappa shape index (κ1) is 23.8. The van der Waals surface area contributed by atoms with Gasteiger partial charge in [-0.05, 0) is 42.8 Å². The third-order valence-electron chi connectivity index (χ3n) is 4.65. The van der Waals surface area contributed by atoms with E-state index in [0.29, 0.717) is 39.8 Å². The maximum Gasteiger partial charge on any atom is 0.411 e. The number of nitrogens with zero attached hydrogens (tertiary/aromatic N) is 1. The molecule has 10 heteroatoms. The lowest BCUT2D eigenvalue weighted by atomic mass is 10.1. The lowest BCUT2D eigenvalue weighted by Gasteiger charge is -2.09. The molecule has 1 heterocycles. The highest BCUT2D eigenvalue weighted by Crippen LogP contribution is 2.31. The van der Waals surface area contributed by atoms with Gasteiger partial charge in [-0.25, -0.2) is 4.79 Å². The van der Waals surface area contributed by atoms with E-state index in [-0.39, 0.29) is 19.4 Å². The largest absolute Gasteiger partial charge is 0.481 e. The molecule has 0 radical (unpaired) electrons. The summed E-state index contributed by atoms with van der Waals surface area (Å²) in [6.45, 7) is 1.83. The van der Waals surface area contributed by atoms with Crippen molar-refractivity contribution >= 4 is 40.9 Å². The van der Waals surface area contributed by atoms with E-state index >= 15 is 0 Å². The molecular formula is C23H22ClN3O6. The molecule has 0 aliphatic rings. The van der Waals surface area contributed by atoms with Crippen molar-refractivity contribution in [2.45, 2.75) is 26.2 Å². The Hall–Kier alpha value is -3.85. The Morgan fingerprint density at radius 2 is 1.79 bits per heavy atom. The summed E-state index contributed by atoms with van der Waals surface area (Å²) < 4.78 is 10.6. The summed E-state index contributed by atoms with van der Waals surface area (Å²) in [7, 11) is 0. The number of carboxylic acid groups (broad SMARTS) is 1. The first-order valence-corrected chi connectivity index (χ1v) is 10.5. The summed E-state index contributed by atoms with van der Waals surface area (Å²) in [6, 6.07) is 14.0. The molecule has 0 bridgehead atoms. The van der Waals surface area contributed by atoms with Crippen molar-refractivity contribution in [3.8, 4) is 11.3 Å². The molecule has 33 heavy (non-hydrogen) atoms. The number of rotatable bonds is 9. The molecule has 1 aromatic heterocycles. The van der Waals surface area contributed by atoms with Crippen LogP contribution in [0.25, 0.3) is 11.3 Å². The number of halogens is 1. The number of amides is 2. The average molecular weight is 472 g/mol.